The molecule has 0 spiro atoms. The third-order valence-corrected chi connectivity index (χ3v) is 10.8. The Morgan fingerprint density at radius 2 is 0.906 bits per heavy atom. The van der Waals surface area contributed by atoms with Gasteiger partial charge < -0.3 is 40.1 Å². The van der Waals surface area contributed by atoms with Gasteiger partial charge in [0.25, 0.3) is 0 Å². The smallest absolute Gasteiger partial charge is 0.399 e. The van der Waals surface area contributed by atoms with Crippen molar-refractivity contribution < 1.29 is 13.2 Å². The minimum Gasteiger partial charge on any atom is -0.399 e. The normalized spacial score (nSPS) is 10.3. The van der Waals surface area contributed by atoms with E-state index in [0.29, 0.717) is 38.5 Å². The number of benzene rings is 5. The maximum Gasteiger partial charge on any atom is 0.417 e. The summed E-state index contributed by atoms with van der Waals surface area (Å²) in [4.78, 5) is 2.17. The van der Waals surface area contributed by atoms with Crippen LogP contribution in [0.25, 0.3) is 0 Å². The number of nitrogens with two attached hydrogens (primary N) is 7. The van der Waals surface area contributed by atoms with Crippen LogP contribution in [0.4, 0.5) is 53.0 Å². The van der Waals surface area contributed by atoms with E-state index in [1.807, 2.05) is 30.5 Å². The summed E-state index contributed by atoms with van der Waals surface area (Å²) in [6.45, 7) is 2.09. The van der Waals surface area contributed by atoms with Gasteiger partial charge in [-0.1, -0.05) is 64.9 Å². The molecule has 0 aliphatic carbocycles. The van der Waals surface area contributed by atoms with Gasteiger partial charge >= 0.3 is 6.18 Å². The molecule has 5 aromatic carbocycles. The number of thioether (sulfide) groups is 2. The van der Waals surface area contributed by atoms with Crippen molar-refractivity contribution in [2.45, 2.75) is 22.9 Å². The summed E-state index contributed by atoms with van der Waals surface area (Å²) in [5, 5.41) is 1.89. The van der Waals surface area contributed by atoms with Crippen molar-refractivity contribution in [2.75, 3.05) is 52.1 Å². The van der Waals surface area contributed by atoms with Crippen molar-refractivity contribution in [2.24, 2.45) is 0 Å². The fourth-order valence-electron chi connectivity index (χ4n) is 3.44. The molecular formula is C34H35Br2Cl5F3N7S2. The molecule has 288 valence electrons. The summed E-state index contributed by atoms with van der Waals surface area (Å²) in [6, 6.07) is 20.9. The molecule has 5 rings (SSSR count). The summed E-state index contributed by atoms with van der Waals surface area (Å²) < 4.78 is 37.8. The number of hydrogen-bond donors (Lipinski definition) is 7. The molecule has 0 atom stereocenters. The topological polar surface area (TPSA) is 182 Å². The van der Waals surface area contributed by atoms with Crippen LogP contribution in [0.15, 0.2) is 97.6 Å². The highest BCUT2D eigenvalue weighted by molar-refractivity contribution is 9.11. The van der Waals surface area contributed by atoms with E-state index < -0.39 is 11.7 Å². The highest BCUT2D eigenvalue weighted by Crippen LogP contribution is 2.35. The number of anilines is 7. The van der Waals surface area contributed by atoms with Crippen molar-refractivity contribution >= 4 is 153 Å². The van der Waals surface area contributed by atoms with Gasteiger partial charge in [-0.2, -0.15) is 13.2 Å². The Kier molecular flexibility index (Phi) is 21.6. The molecule has 0 aliphatic rings. The number of rotatable bonds is 3. The van der Waals surface area contributed by atoms with Crippen LogP contribution >= 0.6 is 113 Å². The first-order valence-corrected chi connectivity index (χ1v) is 20.2. The summed E-state index contributed by atoms with van der Waals surface area (Å²) in [7, 11) is 0. The largest absolute Gasteiger partial charge is 0.417 e. The standard InChI is InChI=1S/C8H10ClNS.C7H5ClF3N.C7H8ClNS.C6H6Br2N2.C6H6Cl2N2/c1-2-11-8-4-3-6(10)5-7(8)9;8-6-3-4(12)1-2-5(6)7(9,10)11;1-10-7-3-2-5(9)4-6(7)8;2*7-4-1-3(9)2-5(8)6(4)10/h3-5H,2,10H2,1H3;1-3H,12H2;2-4H,9H2,1H3;2*1-2H,9-10H2. The number of halogens is 10. The van der Waals surface area contributed by atoms with E-state index in [-0.39, 0.29) is 10.7 Å². The fraction of sp³-hybridized carbons (Fsp3) is 0.118. The lowest BCUT2D eigenvalue weighted by molar-refractivity contribution is -0.137. The second-order valence-electron chi connectivity index (χ2n) is 10.1. The van der Waals surface area contributed by atoms with Crippen LogP contribution in [0.3, 0.4) is 0 Å². The van der Waals surface area contributed by atoms with Crippen LogP contribution in [-0.4, -0.2) is 12.0 Å². The van der Waals surface area contributed by atoms with Gasteiger partial charge in [0.1, 0.15) is 0 Å². The maximum atomic E-state index is 12.1. The van der Waals surface area contributed by atoms with Gasteiger partial charge in [0.05, 0.1) is 42.1 Å². The van der Waals surface area contributed by atoms with E-state index in [9.17, 15) is 13.2 Å². The lowest BCUT2D eigenvalue weighted by atomic mass is 10.2. The molecular weight excluding hydrogens is 965 g/mol. The van der Waals surface area contributed by atoms with Crippen molar-refractivity contribution in [3.05, 3.63) is 118 Å². The molecule has 7 nitrogen and oxygen atoms in total. The zero-order valence-corrected chi connectivity index (χ0v) is 36.4. The minimum absolute atomic E-state index is 0.216. The third kappa shape index (κ3) is 17.7. The van der Waals surface area contributed by atoms with Gasteiger partial charge in [-0.25, -0.2) is 0 Å². The quantitative estimate of drug-likeness (QED) is 0.0683. The summed E-state index contributed by atoms with van der Waals surface area (Å²) in [5.41, 5.74) is 41.2. The molecule has 5 aromatic rings. The molecule has 0 heterocycles. The maximum absolute atomic E-state index is 12.1. The van der Waals surface area contributed by atoms with Crippen LogP contribution in [0, 0.1) is 0 Å². The van der Waals surface area contributed by atoms with Gasteiger partial charge in [-0.05, 0) is 123 Å². The van der Waals surface area contributed by atoms with Crippen molar-refractivity contribution in [1.29, 1.82) is 0 Å². The predicted octanol–water partition coefficient (Wildman–Crippen LogP) is 13.2. The second-order valence-corrected chi connectivity index (χ2v) is 15.9. The first kappa shape index (κ1) is 48.6. The lowest BCUT2D eigenvalue weighted by Crippen LogP contribution is -2.05. The molecule has 0 radical (unpaired) electrons. The molecule has 14 N–H and O–H groups in total. The highest BCUT2D eigenvalue weighted by Gasteiger charge is 2.32. The Hall–Kier alpha value is -2.40. The Morgan fingerprint density at radius 3 is 1.28 bits per heavy atom. The van der Waals surface area contributed by atoms with E-state index in [1.54, 1.807) is 59.9 Å². The van der Waals surface area contributed by atoms with Crippen molar-refractivity contribution in [3.63, 3.8) is 0 Å². The fourth-order valence-corrected chi connectivity index (χ4v) is 7.37. The Bertz CT molecular complexity index is 1860. The molecule has 0 bridgehead atoms. The van der Waals surface area contributed by atoms with Crippen LogP contribution in [-0.2, 0) is 6.18 Å². The van der Waals surface area contributed by atoms with Crippen molar-refractivity contribution in [3.8, 4) is 0 Å². The molecule has 0 amide bonds. The van der Waals surface area contributed by atoms with E-state index in [4.69, 9.17) is 98.1 Å². The number of alkyl halides is 3. The molecule has 19 heteroatoms. The third-order valence-electron chi connectivity index (χ3n) is 5.93. The zero-order chi connectivity index (χ0) is 40.6. The van der Waals surface area contributed by atoms with Crippen LogP contribution in [0.2, 0.25) is 25.1 Å². The molecule has 0 fully saturated rings. The summed E-state index contributed by atoms with van der Waals surface area (Å²) in [6.07, 6.45) is -2.43. The van der Waals surface area contributed by atoms with Crippen LogP contribution < -0.4 is 40.1 Å². The predicted molar refractivity (Wildman–Crippen MR) is 237 cm³/mol. The van der Waals surface area contributed by atoms with E-state index in [0.717, 1.165) is 58.4 Å². The molecule has 0 aliphatic heterocycles. The first-order chi connectivity index (χ1) is 24.6. The lowest BCUT2D eigenvalue weighted by Gasteiger charge is -2.08. The van der Waals surface area contributed by atoms with Crippen LogP contribution in [0.5, 0.6) is 0 Å². The monoisotopic (exact) mass is 995 g/mol. The summed E-state index contributed by atoms with van der Waals surface area (Å²) in [5.74, 6) is 1.03. The Labute approximate surface area is 357 Å². The Morgan fingerprint density at radius 1 is 0.528 bits per heavy atom. The zero-order valence-electron chi connectivity index (χ0n) is 27.9. The van der Waals surface area contributed by atoms with Gasteiger partial charge in [0.2, 0.25) is 0 Å². The average Bonchev–Trinajstić information content (AvgIpc) is 3.04. The average molecular weight is 1000 g/mol. The molecule has 0 saturated heterocycles. The van der Waals surface area contributed by atoms with E-state index in [1.165, 1.54) is 0 Å². The molecule has 0 aromatic heterocycles. The van der Waals surface area contributed by atoms with Gasteiger partial charge in [0, 0.05) is 47.2 Å². The number of nitrogen functional groups attached to an aromatic ring is 7. The van der Waals surface area contributed by atoms with Gasteiger partial charge in [0.15, 0.2) is 0 Å². The van der Waals surface area contributed by atoms with Crippen LogP contribution in [0.1, 0.15) is 12.5 Å². The molecule has 0 unspecified atom stereocenters. The molecule has 53 heavy (non-hydrogen) atoms. The van der Waals surface area contributed by atoms with Gasteiger partial charge in [-0.3, -0.25) is 0 Å². The first-order valence-electron chi connectivity index (χ1n) is 14.5. The number of hydrogen-bond acceptors (Lipinski definition) is 9. The molecule has 0 saturated carbocycles. The second kappa shape index (κ2) is 23.5. The van der Waals surface area contributed by atoms with E-state index in [2.05, 4.69) is 38.8 Å². The Balaban J connectivity index is 0.000000332. The SMILES string of the molecule is CCSc1ccc(N)cc1Cl.CSc1ccc(N)cc1Cl.Nc1cc(Br)c(N)c(Br)c1.Nc1cc(Cl)c(N)c(Cl)c1.Nc1ccc(C(F)(F)F)c(Cl)c1. The van der Waals surface area contributed by atoms with E-state index >= 15 is 0 Å². The minimum atomic E-state index is -4.41. The van der Waals surface area contributed by atoms with Crippen molar-refractivity contribution in [1.82, 2.24) is 0 Å². The van der Waals surface area contributed by atoms with Gasteiger partial charge in [-0.15, -0.1) is 23.5 Å². The summed E-state index contributed by atoms with van der Waals surface area (Å²) >= 11 is 38.2. The highest BCUT2D eigenvalue weighted by atomic mass is 79.9.